The van der Waals surface area contributed by atoms with Gasteiger partial charge in [-0.3, -0.25) is 4.90 Å². The van der Waals surface area contributed by atoms with Crippen molar-refractivity contribution < 1.29 is 9.53 Å². The molecule has 0 bridgehead atoms. The molecule has 5 heteroatoms. The fourth-order valence-corrected chi connectivity index (χ4v) is 2.16. The number of hydrogen-bond donors (Lipinski definition) is 0. The van der Waals surface area contributed by atoms with Crippen LogP contribution >= 0.6 is 15.9 Å². The van der Waals surface area contributed by atoms with Crippen LogP contribution in [-0.2, 0) is 4.74 Å². The van der Waals surface area contributed by atoms with Crippen LogP contribution in [0.15, 0.2) is 22.7 Å². The normalized spacial score (nSPS) is 15.5. The van der Waals surface area contributed by atoms with Gasteiger partial charge in [-0.2, -0.15) is 5.26 Å². The minimum absolute atomic E-state index is 0.336. The van der Waals surface area contributed by atoms with Crippen molar-refractivity contribution in [2.45, 2.75) is 6.42 Å². The molecular weight excluding hydrogens is 272 g/mol. The highest BCUT2D eigenvalue weighted by Gasteiger charge is 2.22. The molecule has 1 heterocycles. The number of cyclic esters (lactones) is 1. The molecular formula is C11H9BrN2O2. The van der Waals surface area contributed by atoms with E-state index in [0.29, 0.717) is 18.7 Å². The van der Waals surface area contributed by atoms with E-state index in [-0.39, 0.29) is 6.09 Å². The molecule has 0 aromatic heterocycles. The Kier molecular flexibility index (Phi) is 3.11. The zero-order valence-electron chi connectivity index (χ0n) is 8.44. The lowest BCUT2D eigenvalue weighted by molar-refractivity contribution is 0.140. The molecule has 0 spiro atoms. The third kappa shape index (κ3) is 2.02. The number of halogens is 1. The molecule has 0 atom stereocenters. The molecule has 0 aliphatic carbocycles. The van der Waals surface area contributed by atoms with Crippen molar-refractivity contribution in [2.24, 2.45) is 0 Å². The minimum atomic E-state index is -0.336. The van der Waals surface area contributed by atoms with Crippen LogP contribution in [0.2, 0.25) is 0 Å². The molecule has 0 radical (unpaired) electrons. The Morgan fingerprint density at radius 1 is 1.50 bits per heavy atom. The molecule has 1 aromatic carbocycles. The third-order valence-electron chi connectivity index (χ3n) is 2.34. The zero-order valence-corrected chi connectivity index (χ0v) is 10.0. The smallest absolute Gasteiger partial charge is 0.414 e. The molecule has 4 nitrogen and oxygen atoms in total. The van der Waals surface area contributed by atoms with Gasteiger partial charge in [0.2, 0.25) is 0 Å². The van der Waals surface area contributed by atoms with Gasteiger partial charge in [0.25, 0.3) is 0 Å². The van der Waals surface area contributed by atoms with Gasteiger partial charge in [0.1, 0.15) is 0 Å². The summed E-state index contributed by atoms with van der Waals surface area (Å²) >= 11 is 3.35. The Bertz CT molecular complexity index is 468. The van der Waals surface area contributed by atoms with Gasteiger partial charge in [-0.05, 0) is 40.5 Å². The minimum Gasteiger partial charge on any atom is -0.449 e. The molecule has 1 aliphatic heterocycles. The lowest BCUT2D eigenvalue weighted by Crippen LogP contribution is -2.37. The molecule has 1 amide bonds. The monoisotopic (exact) mass is 280 g/mol. The number of amides is 1. The summed E-state index contributed by atoms with van der Waals surface area (Å²) in [5, 5.41) is 8.74. The van der Waals surface area contributed by atoms with Gasteiger partial charge in [-0.1, -0.05) is 0 Å². The summed E-state index contributed by atoms with van der Waals surface area (Å²) < 4.78 is 5.68. The standard InChI is InChI=1S/C11H9BrN2O2/c12-9-6-8(7-13)2-3-10(9)14-4-1-5-16-11(14)15/h2-3,6H,1,4-5H2. The van der Waals surface area contributed by atoms with Crippen molar-refractivity contribution in [1.29, 1.82) is 5.26 Å². The fourth-order valence-electron chi connectivity index (χ4n) is 1.57. The summed E-state index contributed by atoms with van der Waals surface area (Å²) in [5.74, 6) is 0. The maximum atomic E-state index is 11.5. The van der Waals surface area contributed by atoms with Gasteiger partial charge in [-0.15, -0.1) is 0 Å². The molecule has 82 valence electrons. The van der Waals surface area contributed by atoms with E-state index in [9.17, 15) is 4.79 Å². The van der Waals surface area contributed by atoms with E-state index in [4.69, 9.17) is 10.00 Å². The number of carbonyl (C=O) groups excluding carboxylic acids is 1. The number of carbonyl (C=O) groups is 1. The Labute approximate surface area is 102 Å². The van der Waals surface area contributed by atoms with Crippen LogP contribution in [0, 0.1) is 11.3 Å². The number of nitriles is 1. The second-order valence-electron chi connectivity index (χ2n) is 3.40. The van der Waals surface area contributed by atoms with Crippen molar-refractivity contribution in [2.75, 3.05) is 18.1 Å². The lowest BCUT2D eigenvalue weighted by atomic mass is 10.2. The van der Waals surface area contributed by atoms with Gasteiger partial charge in [0, 0.05) is 11.0 Å². The van der Waals surface area contributed by atoms with Gasteiger partial charge < -0.3 is 4.74 Å². The van der Waals surface area contributed by atoms with Crippen LogP contribution < -0.4 is 4.90 Å². The number of hydrogen-bond acceptors (Lipinski definition) is 3. The molecule has 1 fully saturated rings. The van der Waals surface area contributed by atoms with E-state index >= 15 is 0 Å². The predicted molar refractivity (Wildman–Crippen MR) is 62.2 cm³/mol. The molecule has 2 rings (SSSR count). The highest BCUT2D eigenvalue weighted by Crippen LogP contribution is 2.29. The largest absolute Gasteiger partial charge is 0.449 e. The molecule has 1 saturated heterocycles. The molecule has 16 heavy (non-hydrogen) atoms. The molecule has 0 unspecified atom stereocenters. The first kappa shape index (κ1) is 11.0. The van der Waals surface area contributed by atoms with Crippen molar-refractivity contribution >= 4 is 27.7 Å². The van der Waals surface area contributed by atoms with E-state index in [1.807, 2.05) is 6.07 Å². The number of nitrogens with zero attached hydrogens (tertiary/aromatic N) is 2. The maximum absolute atomic E-state index is 11.5. The predicted octanol–water partition coefficient (Wildman–Crippen LogP) is 2.67. The van der Waals surface area contributed by atoms with E-state index < -0.39 is 0 Å². The topological polar surface area (TPSA) is 53.3 Å². The van der Waals surface area contributed by atoms with Gasteiger partial charge in [-0.25, -0.2) is 4.79 Å². The highest BCUT2D eigenvalue weighted by atomic mass is 79.9. The van der Waals surface area contributed by atoms with E-state index in [2.05, 4.69) is 15.9 Å². The summed E-state index contributed by atoms with van der Waals surface area (Å²) in [6.45, 7) is 1.12. The summed E-state index contributed by atoms with van der Waals surface area (Å²) in [5.41, 5.74) is 1.30. The Morgan fingerprint density at radius 3 is 2.94 bits per heavy atom. The van der Waals surface area contributed by atoms with Gasteiger partial charge in [0.15, 0.2) is 0 Å². The van der Waals surface area contributed by atoms with Gasteiger partial charge >= 0.3 is 6.09 Å². The maximum Gasteiger partial charge on any atom is 0.414 e. The lowest BCUT2D eigenvalue weighted by Gasteiger charge is -2.27. The van der Waals surface area contributed by atoms with Gasteiger partial charge in [0.05, 0.1) is 23.9 Å². The second-order valence-corrected chi connectivity index (χ2v) is 4.25. The second kappa shape index (κ2) is 4.54. The molecule has 1 aliphatic rings. The van der Waals surface area contributed by atoms with Crippen LogP contribution in [0.4, 0.5) is 10.5 Å². The highest BCUT2D eigenvalue weighted by molar-refractivity contribution is 9.10. The number of rotatable bonds is 1. The number of anilines is 1. The van der Waals surface area contributed by atoms with Crippen molar-refractivity contribution in [3.63, 3.8) is 0 Å². The Morgan fingerprint density at radius 2 is 2.31 bits per heavy atom. The number of ether oxygens (including phenoxy) is 1. The quantitative estimate of drug-likeness (QED) is 0.795. The Balaban J connectivity index is 2.33. The van der Waals surface area contributed by atoms with Crippen LogP contribution in [0.1, 0.15) is 12.0 Å². The van der Waals surface area contributed by atoms with Crippen molar-refractivity contribution in [3.05, 3.63) is 28.2 Å². The average molecular weight is 281 g/mol. The first-order chi connectivity index (χ1) is 7.72. The van der Waals surface area contributed by atoms with E-state index in [0.717, 1.165) is 16.6 Å². The first-order valence-corrected chi connectivity index (χ1v) is 5.65. The zero-order chi connectivity index (χ0) is 11.5. The van der Waals surface area contributed by atoms with Crippen LogP contribution in [0.3, 0.4) is 0 Å². The van der Waals surface area contributed by atoms with E-state index in [1.54, 1.807) is 23.1 Å². The van der Waals surface area contributed by atoms with Crippen molar-refractivity contribution in [1.82, 2.24) is 0 Å². The van der Waals surface area contributed by atoms with Crippen molar-refractivity contribution in [3.8, 4) is 6.07 Å². The number of benzene rings is 1. The summed E-state index contributed by atoms with van der Waals surface area (Å²) in [6, 6.07) is 7.16. The Hall–Kier alpha value is -1.54. The summed E-state index contributed by atoms with van der Waals surface area (Å²) in [7, 11) is 0. The fraction of sp³-hybridized carbons (Fsp3) is 0.273. The first-order valence-electron chi connectivity index (χ1n) is 4.86. The van der Waals surface area contributed by atoms with Crippen LogP contribution in [0.5, 0.6) is 0 Å². The summed E-state index contributed by atoms with van der Waals surface area (Å²) in [6.07, 6.45) is 0.481. The van der Waals surface area contributed by atoms with Crippen LogP contribution in [-0.4, -0.2) is 19.2 Å². The average Bonchev–Trinajstić information content (AvgIpc) is 2.30. The van der Waals surface area contributed by atoms with E-state index in [1.165, 1.54) is 0 Å². The SMILES string of the molecule is N#Cc1ccc(N2CCCOC2=O)c(Br)c1. The molecule has 0 saturated carbocycles. The third-order valence-corrected chi connectivity index (χ3v) is 2.97. The van der Waals surface area contributed by atoms with Crippen LogP contribution in [0.25, 0.3) is 0 Å². The molecule has 0 N–H and O–H groups in total. The molecule has 1 aromatic rings. The summed E-state index contributed by atoms with van der Waals surface area (Å²) in [4.78, 5) is 13.1.